The molecule has 0 bridgehead atoms. The molecule has 0 aliphatic carbocycles. The first-order valence-electron chi connectivity index (χ1n) is 26.6. The Morgan fingerprint density at radius 1 is 0.424 bits per heavy atom. The van der Waals surface area contributed by atoms with Gasteiger partial charge in [0.05, 0.1) is 19.8 Å². The summed E-state index contributed by atoms with van der Waals surface area (Å²) in [4.78, 5) is 25.8. The van der Waals surface area contributed by atoms with E-state index >= 15 is 0 Å². The van der Waals surface area contributed by atoms with E-state index in [2.05, 4.69) is 13.8 Å². The maximum Gasteiger partial charge on any atom is 0.306 e. The van der Waals surface area contributed by atoms with E-state index in [-0.39, 0.29) is 26.1 Å². The predicted octanol–water partition coefficient (Wildman–Crippen LogP) is 7.61. The van der Waals surface area contributed by atoms with Crippen LogP contribution in [0.4, 0.5) is 0 Å². The molecule has 0 aromatic heterocycles. The van der Waals surface area contributed by atoms with Crippen LogP contribution in [0.3, 0.4) is 0 Å². The summed E-state index contributed by atoms with van der Waals surface area (Å²) in [6.07, 6.45) is 19.8. The van der Waals surface area contributed by atoms with E-state index in [1.807, 2.05) is 0 Å². The Kier molecular flexibility index (Phi) is 36.0. The molecular formula is C51H96O15. The van der Waals surface area contributed by atoms with Gasteiger partial charge in [0, 0.05) is 12.8 Å². The highest BCUT2D eigenvalue weighted by Gasteiger charge is 2.47. The van der Waals surface area contributed by atoms with Crippen molar-refractivity contribution in [1.29, 1.82) is 0 Å². The van der Waals surface area contributed by atoms with Gasteiger partial charge in [-0.3, -0.25) is 9.59 Å². The third-order valence-electron chi connectivity index (χ3n) is 13.1. The van der Waals surface area contributed by atoms with Crippen LogP contribution in [0.2, 0.25) is 0 Å². The van der Waals surface area contributed by atoms with Gasteiger partial charge in [-0.1, -0.05) is 194 Å². The molecule has 0 amide bonds. The van der Waals surface area contributed by atoms with Crippen molar-refractivity contribution in [3.63, 3.8) is 0 Å². The summed E-state index contributed by atoms with van der Waals surface area (Å²) in [5.41, 5.74) is 0. The van der Waals surface area contributed by atoms with Crippen LogP contribution in [-0.2, 0) is 38.0 Å². The number of hydrogen-bond acceptors (Lipinski definition) is 15. The van der Waals surface area contributed by atoms with E-state index < -0.39 is 92.7 Å². The molecular weight excluding hydrogens is 853 g/mol. The number of carbonyl (C=O) groups excluding carboxylic acids is 2. The SMILES string of the molecule is CCCCCCCCCCCCCCCCCCCC(=O)OC(COC(=O)CCCCCCCCCCCCCCC)COC1OC(COC2OC(CO)C(O)C(O)C2O)C(O)C(O)C1O. The molecule has 11 atom stereocenters. The van der Waals surface area contributed by atoms with Gasteiger partial charge in [0.15, 0.2) is 18.7 Å². The number of esters is 2. The zero-order valence-electron chi connectivity index (χ0n) is 41.2. The van der Waals surface area contributed by atoms with Gasteiger partial charge in [-0.05, 0) is 12.8 Å². The topological polar surface area (TPSA) is 231 Å². The van der Waals surface area contributed by atoms with E-state index in [0.29, 0.717) is 12.8 Å². The van der Waals surface area contributed by atoms with Gasteiger partial charge >= 0.3 is 11.9 Å². The largest absolute Gasteiger partial charge is 0.462 e. The minimum absolute atomic E-state index is 0.173. The highest BCUT2D eigenvalue weighted by molar-refractivity contribution is 5.70. The fourth-order valence-corrected chi connectivity index (χ4v) is 8.69. The van der Waals surface area contributed by atoms with Crippen molar-refractivity contribution in [2.75, 3.05) is 26.4 Å². The highest BCUT2D eigenvalue weighted by atomic mass is 16.7. The van der Waals surface area contributed by atoms with Crippen molar-refractivity contribution in [2.45, 2.75) is 287 Å². The fraction of sp³-hybridized carbons (Fsp3) is 0.961. The molecule has 66 heavy (non-hydrogen) atoms. The van der Waals surface area contributed by atoms with E-state index in [0.717, 1.165) is 38.5 Å². The first-order valence-corrected chi connectivity index (χ1v) is 26.6. The smallest absolute Gasteiger partial charge is 0.306 e. The van der Waals surface area contributed by atoms with Crippen LogP contribution in [-0.4, -0.2) is 142 Å². The lowest BCUT2D eigenvalue weighted by molar-refractivity contribution is -0.332. The van der Waals surface area contributed by atoms with Gasteiger partial charge < -0.3 is 64.2 Å². The summed E-state index contributed by atoms with van der Waals surface area (Å²) in [7, 11) is 0. The van der Waals surface area contributed by atoms with Gasteiger partial charge in [-0.2, -0.15) is 0 Å². The van der Waals surface area contributed by atoms with E-state index in [1.165, 1.54) is 141 Å². The minimum atomic E-state index is -1.76. The van der Waals surface area contributed by atoms with Crippen molar-refractivity contribution in [3.05, 3.63) is 0 Å². The molecule has 2 saturated heterocycles. The van der Waals surface area contributed by atoms with Crippen molar-refractivity contribution < 1.29 is 73.8 Å². The quantitative estimate of drug-likeness (QED) is 0.0231. The minimum Gasteiger partial charge on any atom is -0.462 e. The number of aliphatic hydroxyl groups excluding tert-OH is 7. The summed E-state index contributed by atoms with van der Waals surface area (Å²) in [5.74, 6) is -0.909. The lowest BCUT2D eigenvalue weighted by atomic mass is 9.98. The zero-order valence-corrected chi connectivity index (χ0v) is 41.2. The van der Waals surface area contributed by atoms with Gasteiger partial charge in [-0.25, -0.2) is 0 Å². The van der Waals surface area contributed by atoms with Crippen LogP contribution >= 0.6 is 0 Å². The van der Waals surface area contributed by atoms with Crippen molar-refractivity contribution >= 4 is 11.9 Å². The lowest BCUT2D eigenvalue weighted by Gasteiger charge is -2.42. The van der Waals surface area contributed by atoms with Gasteiger partial charge in [-0.15, -0.1) is 0 Å². The summed E-state index contributed by atoms with van der Waals surface area (Å²) in [6, 6.07) is 0. The summed E-state index contributed by atoms with van der Waals surface area (Å²) in [6.45, 7) is 2.63. The molecule has 15 nitrogen and oxygen atoms in total. The molecule has 2 aliphatic heterocycles. The number of ether oxygens (including phenoxy) is 6. The molecule has 0 spiro atoms. The van der Waals surface area contributed by atoms with Gasteiger partial charge in [0.2, 0.25) is 0 Å². The Bertz CT molecular complexity index is 1160. The average Bonchev–Trinajstić information content (AvgIpc) is 3.31. The number of unbranched alkanes of at least 4 members (excludes halogenated alkanes) is 28. The maximum absolute atomic E-state index is 13.0. The van der Waals surface area contributed by atoms with E-state index in [9.17, 15) is 45.3 Å². The second kappa shape index (κ2) is 39.2. The second-order valence-corrected chi connectivity index (χ2v) is 19.1. The Balaban J connectivity index is 1.79. The molecule has 0 aromatic carbocycles. The predicted molar refractivity (Wildman–Crippen MR) is 252 cm³/mol. The van der Waals surface area contributed by atoms with Crippen LogP contribution in [0, 0.1) is 0 Å². The molecule has 0 saturated carbocycles. The summed E-state index contributed by atoms with van der Waals surface area (Å²) < 4.78 is 33.6. The molecule has 11 unspecified atom stereocenters. The first kappa shape index (κ1) is 60.6. The molecule has 2 aliphatic rings. The molecule has 2 heterocycles. The molecule has 0 aromatic rings. The number of hydrogen-bond donors (Lipinski definition) is 7. The number of aliphatic hydroxyl groups is 7. The Hall–Kier alpha value is -1.50. The number of rotatable bonds is 42. The molecule has 0 radical (unpaired) electrons. The monoisotopic (exact) mass is 949 g/mol. The Morgan fingerprint density at radius 2 is 0.773 bits per heavy atom. The standard InChI is InChI=1S/C51H96O15/c1-3-5-7-9-11-13-15-17-18-19-20-22-24-26-28-30-32-34-43(54)64-39(36-61-42(53)33-31-29-27-25-23-21-16-14-12-10-8-6-4-2)37-62-50-49(60)47(58)45(56)41(66-50)38-63-51-48(59)46(57)44(55)40(35-52)65-51/h39-41,44-52,55-60H,3-38H2,1-2H3. The van der Waals surface area contributed by atoms with Crippen molar-refractivity contribution in [1.82, 2.24) is 0 Å². The Labute approximate surface area is 398 Å². The van der Waals surface area contributed by atoms with E-state index in [4.69, 9.17) is 28.4 Å². The fourth-order valence-electron chi connectivity index (χ4n) is 8.69. The van der Waals surface area contributed by atoms with Gasteiger partial charge in [0.25, 0.3) is 0 Å². The van der Waals surface area contributed by atoms with Crippen LogP contribution in [0.25, 0.3) is 0 Å². The Morgan fingerprint density at radius 3 is 1.18 bits per heavy atom. The molecule has 2 rings (SSSR count). The van der Waals surface area contributed by atoms with Crippen LogP contribution in [0.15, 0.2) is 0 Å². The average molecular weight is 949 g/mol. The molecule has 2 fully saturated rings. The van der Waals surface area contributed by atoms with Crippen molar-refractivity contribution in [3.8, 4) is 0 Å². The van der Waals surface area contributed by atoms with Crippen LogP contribution in [0.1, 0.15) is 219 Å². The third-order valence-corrected chi connectivity index (χ3v) is 13.1. The lowest BCUT2D eigenvalue weighted by Crippen LogP contribution is -2.61. The van der Waals surface area contributed by atoms with E-state index in [1.54, 1.807) is 0 Å². The van der Waals surface area contributed by atoms with Gasteiger partial charge in [0.1, 0.15) is 55.4 Å². The molecule has 15 heteroatoms. The third kappa shape index (κ3) is 27.0. The number of carbonyl (C=O) groups is 2. The zero-order chi connectivity index (χ0) is 48.2. The maximum atomic E-state index is 13.0. The normalized spacial score (nSPS) is 26.1. The van der Waals surface area contributed by atoms with Crippen LogP contribution < -0.4 is 0 Å². The van der Waals surface area contributed by atoms with Crippen molar-refractivity contribution in [2.24, 2.45) is 0 Å². The first-order chi connectivity index (χ1) is 32.0. The highest BCUT2D eigenvalue weighted by Crippen LogP contribution is 2.27. The molecule has 390 valence electrons. The molecule has 7 N–H and O–H groups in total. The second-order valence-electron chi connectivity index (χ2n) is 19.1. The summed E-state index contributed by atoms with van der Waals surface area (Å²) >= 11 is 0. The summed E-state index contributed by atoms with van der Waals surface area (Å²) in [5, 5.41) is 72.1. The van der Waals surface area contributed by atoms with Crippen LogP contribution in [0.5, 0.6) is 0 Å².